The second-order valence-electron chi connectivity index (χ2n) is 9.38. The molecule has 0 atom stereocenters. The lowest BCUT2D eigenvalue weighted by Crippen LogP contribution is -2.45. The van der Waals surface area contributed by atoms with Gasteiger partial charge in [0.1, 0.15) is 5.75 Å². The van der Waals surface area contributed by atoms with E-state index in [1.807, 2.05) is 13.8 Å². The first-order valence-electron chi connectivity index (χ1n) is 12.2. The largest absolute Gasteiger partial charge is 0.434 e. The molecule has 0 radical (unpaired) electrons. The van der Waals surface area contributed by atoms with Crippen molar-refractivity contribution in [3.05, 3.63) is 29.2 Å². The van der Waals surface area contributed by atoms with Crippen LogP contribution in [0, 0.1) is 12.8 Å². The second-order valence-corrected chi connectivity index (χ2v) is 9.38. The van der Waals surface area contributed by atoms with Crippen molar-refractivity contribution in [2.75, 3.05) is 6.54 Å². The molecule has 1 aliphatic carbocycles. The molecule has 0 bridgehead atoms. The number of halogens is 2. The Kier molecular flexibility index (Phi) is 8.62. The quantitative estimate of drug-likeness (QED) is 0.508. The number of rotatable bonds is 10. The van der Waals surface area contributed by atoms with Crippen LogP contribution < -0.4 is 10.1 Å². The van der Waals surface area contributed by atoms with Crippen molar-refractivity contribution in [3.63, 3.8) is 0 Å². The number of aliphatic hydroxyl groups is 1. The van der Waals surface area contributed by atoms with Crippen LogP contribution in [-0.4, -0.2) is 44.5 Å². The van der Waals surface area contributed by atoms with Crippen molar-refractivity contribution in [2.45, 2.75) is 91.4 Å². The van der Waals surface area contributed by atoms with E-state index in [0.717, 1.165) is 25.7 Å². The van der Waals surface area contributed by atoms with Crippen molar-refractivity contribution < 1.29 is 23.4 Å². The van der Waals surface area contributed by atoms with Crippen LogP contribution in [0.25, 0.3) is 11.3 Å². The first kappa shape index (κ1) is 26.1. The molecule has 0 aliphatic heterocycles. The summed E-state index contributed by atoms with van der Waals surface area (Å²) in [5.41, 5.74) is 1.39. The van der Waals surface area contributed by atoms with Gasteiger partial charge in [-0.3, -0.25) is 14.5 Å². The number of hydrogen-bond acceptors (Lipinski definition) is 5. The molecular weight excluding hydrogens is 442 g/mol. The molecule has 0 saturated heterocycles. The number of alkyl halides is 2. The van der Waals surface area contributed by atoms with Gasteiger partial charge in [-0.25, -0.2) is 0 Å². The van der Waals surface area contributed by atoms with Gasteiger partial charge < -0.3 is 15.2 Å². The summed E-state index contributed by atoms with van der Waals surface area (Å²) in [6, 6.07) is 1.54. The van der Waals surface area contributed by atoms with Gasteiger partial charge in [-0.2, -0.15) is 13.9 Å². The zero-order valence-corrected chi connectivity index (χ0v) is 20.5. The predicted octanol–water partition coefficient (Wildman–Crippen LogP) is 4.89. The third-order valence-electron chi connectivity index (χ3n) is 6.67. The van der Waals surface area contributed by atoms with E-state index in [2.05, 4.69) is 22.3 Å². The van der Waals surface area contributed by atoms with Crippen LogP contribution in [0.15, 0.2) is 12.3 Å². The van der Waals surface area contributed by atoms with E-state index in [-0.39, 0.29) is 18.0 Å². The number of carbonyl (C=O) groups excluding carboxylic acids is 1. The number of unbranched alkanes of at least 4 members (excludes halogenated alkanes) is 1. The molecule has 2 aromatic rings. The highest BCUT2D eigenvalue weighted by Gasteiger charge is 2.33. The summed E-state index contributed by atoms with van der Waals surface area (Å²) in [7, 11) is 0. The van der Waals surface area contributed by atoms with Crippen molar-refractivity contribution in [1.29, 1.82) is 0 Å². The van der Waals surface area contributed by atoms with Gasteiger partial charge in [0.25, 0.3) is 5.91 Å². The van der Waals surface area contributed by atoms with Crippen molar-refractivity contribution >= 4 is 5.91 Å². The van der Waals surface area contributed by atoms with E-state index >= 15 is 0 Å². The summed E-state index contributed by atoms with van der Waals surface area (Å²) < 4.78 is 32.8. The second kappa shape index (κ2) is 11.3. The third kappa shape index (κ3) is 6.11. The normalized spacial score (nSPS) is 20.5. The summed E-state index contributed by atoms with van der Waals surface area (Å²) >= 11 is 0. The Morgan fingerprint density at radius 1 is 1.35 bits per heavy atom. The minimum atomic E-state index is -2.99. The van der Waals surface area contributed by atoms with Crippen LogP contribution in [0.4, 0.5) is 8.78 Å². The Bertz CT molecular complexity index is 985. The number of aryl methyl sites for hydroxylation is 2. The predicted molar refractivity (Wildman–Crippen MR) is 126 cm³/mol. The molecule has 1 aliphatic rings. The standard InChI is InChI=1S/C25H36F2N4O3/c1-5-7-8-18-13-20(34-24(26)27)19(14-28-18)22-17(4)21(30-31(22)6-2)23(32)29-15-25(33)11-9-16(3)10-12-25/h13-14,16,24,33H,5-12,15H2,1-4H3,(H,29,32). The SMILES string of the molecule is CCCCc1cc(OC(F)F)c(-c2c(C)c(C(=O)NCC3(O)CCC(C)CC3)nn2CC)cn1. The molecule has 2 heterocycles. The molecule has 0 unspecified atom stereocenters. The Morgan fingerprint density at radius 2 is 2.06 bits per heavy atom. The van der Waals surface area contributed by atoms with Gasteiger partial charge >= 0.3 is 6.61 Å². The van der Waals surface area contributed by atoms with E-state index in [1.165, 1.54) is 6.20 Å². The molecule has 188 valence electrons. The van der Waals surface area contributed by atoms with Gasteiger partial charge in [-0.15, -0.1) is 0 Å². The van der Waals surface area contributed by atoms with Gasteiger partial charge in [-0.05, 0) is 58.3 Å². The van der Waals surface area contributed by atoms with Crippen LogP contribution >= 0.6 is 0 Å². The fraction of sp³-hybridized carbons (Fsp3) is 0.640. The molecule has 2 aromatic heterocycles. The lowest BCUT2D eigenvalue weighted by atomic mass is 9.79. The number of carbonyl (C=O) groups is 1. The number of amides is 1. The van der Waals surface area contributed by atoms with Crippen molar-refractivity contribution in [2.24, 2.45) is 5.92 Å². The Balaban J connectivity index is 1.89. The molecule has 34 heavy (non-hydrogen) atoms. The highest BCUT2D eigenvalue weighted by atomic mass is 19.3. The highest BCUT2D eigenvalue weighted by Crippen LogP contribution is 2.35. The zero-order valence-electron chi connectivity index (χ0n) is 20.5. The smallest absolute Gasteiger partial charge is 0.387 e. The minimum Gasteiger partial charge on any atom is -0.434 e. The van der Waals surface area contributed by atoms with E-state index < -0.39 is 18.1 Å². The van der Waals surface area contributed by atoms with E-state index in [9.17, 15) is 18.7 Å². The molecule has 1 saturated carbocycles. The molecule has 0 aromatic carbocycles. The lowest BCUT2D eigenvalue weighted by Gasteiger charge is -2.34. The lowest BCUT2D eigenvalue weighted by molar-refractivity contribution is -0.0495. The third-order valence-corrected chi connectivity index (χ3v) is 6.67. The van der Waals surface area contributed by atoms with Crippen molar-refractivity contribution in [3.8, 4) is 17.0 Å². The Hall–Kier alpha value is -2.55. The molecule has 9 heteroatoms. The van der Waals surface area contributed by atoms with Gasteiger partial charge in [0, 0.05) is 36.6 Å². The monoisotopic (exact) mass is 478 g/mol. The number of nitrogens with one attached hydrogen (secondary N) is 1. The number of pyridine rings is 1. The number of nitrogens with zero attached hydrogens (tertiary/aromatic N) is 3. The maximum absolute atomic E-state index is 13.2. The summed E-state index contributed by atoms with van der Waals surface area (Å²) in [5, 5.41) is 18.1. The summed E-state index contributed by atoms with van der Waals surface area (Å²) in [6.45, 7) is 5.40. The maximum atomic E-state index is 13.2. The number of ether oxygens (including phenoxy) is 1. The van der Waals surface area contributed by atoms with Crippen LogP contribution in [0.2, 0.25) is 0 Å². The molecule has 2 N–H and O–H groups in total. The Labute approximate surface area is 199 Å². The minimum absolute atomic E-state index is 0.0198. The molecular formula is C25H36F2N4O3. The summed E-state index contributed by atoms with van der Waals surface area (Å²) in [4.78, 5) is 17.4. The van der Waals surface area contributed by atoms with Crippen LogP contribution in [0.5, 0.6) is 5.75 Å². The highest BCUT2D eigenvalue weighted by molar-refractivity contribution is 5.95. The van der Waals surface area contributed by atoms with E-state index in [0.29, 0.717) is 54.2 Å². The van der Waals surface area contributed by atoms with Crippen LogP contribution in [-0.2, 0) is 13.0 Å². The van der Waals surface area contributed by atoms with E-state index in [4.69, 9.17) is 4.74 Å². The first-order chi connectivity index (χ1) is 16.2. The average Bonchev–Trinajstić information content (AvgIpc) is 3.14. The van der Waals surface area contributed by atoms with Crippen LogP contribution in [0.1, 0.15) is 81.0 Å². The number of aromatic nitrogens is 3. The molecule has 1 amide bonds. The summed E-state index contributed by atoms with van der Waals surface area (Å²) in [6.07, 6.45) is 7.18. The van der Waals surface area contributed by atoms with Crippen molar-refractivity contribution in [1.82, 2.24) is 20.1 Å². The molecule has 0 spiro atoms. The average molecular weight is 479 g/mol. The van der Waals surface area contributed by atoms with Gasteiger partial charge in [0.15, 0.2) is 5.69 Å². The summed E-state index contributed by atoms with van der Waals surface area (Å²) in [5.74, 6) is 0.195. The maximum Gasteiger partial charge on any atom is 0.387 e. The topological polar surface area (TPSA) is 89.3 Å². The number of hydrogen-bond donors (Lipinski definition) is 2. The van der Waals surface area contributed by atoms with Gasteiger partial charge in [-0.1, -0.05) is 20.3 Å². The van der Waals surface area contributed by atoms with E-state index in [1.54, 1.807) is 17.7 Å². The molecule has 7 nitrogen and oxygen atoms in total. The Morgan fingerprint density at radius 3 is 2.68 bits per heavy atom. The van der Waals surface area contributed by atoms with Crippen LogP contribution in [0.3, 0.4) is 0 Å². The van der Waals surface area contributed by atoms with Gasteiger partial charge in [0.2, 0.25) is 0 Å². The molecule has 1 fully saturated rings. The fourth-order valence-electron chi connectivity index (χ4n) is 4.49. The fourth-order valence-corrected chi connectivity index (χ4v) is 4.49. The first-order valence-corrected chi connectivity index (χ1v) is 12.2. The zero-order chi connectivity index (χ0) is 24.9. The van der Waals surface area contributed by atoms with Gasteiger partial charge in [0.05, 0.1) is 16.9 Å². The molecule has 3 rings (SSSR count).